The van der Waals surface area contributed by atoms with Crippen LogP contribution in [0.4, 0.5) is 5.69 Å². The van der Waals surface area contributed by atoms with Crippen LogP contribution in [-0.4, -0.2) is 33.0 Å². The predicted octanol–water partition coefficient (Wildman–Crippen LogP) is 3.33. The maximum atomic E-state index is 12.2. The molecule has 1 aromatic heterocycles. The van der Waals surface area contributed by atoms with Crippen LogP contribution < -0.4 is 5.32 Å². The van der Waals surface area contributed by atoms with Gasteiger partial charge in [-0.05, 0) is 41.0 Å². The topological polar surface area (TPSA) is 117 Å². The molecule has 3 N–H and O–H groups in total. The van der Waals surface area contributed by atoms with E-state index in [1.54, 1.807) is 24.3 Å². The fourth-order valence-electron chi connectivity index (χ4n) is 2.68. The molecule has 0 aliphatic rings. The molecule has 3 rings (SSSR count). The molecule has 1 heterocycles. The number of hydrogen-bond donors (Lipinski definition) is 3. The van der Waals surface area contributed by atoms with E-state index in [0.29, 0.717) is 16.8 Å². The van der Waals surface area contributed by atoms with Crippen molar-refractivity contribution in [1.82, 2.24) is 4.98 Å². The van der Waals surface area contributed by atoms with Gasteiger partial charge in [-0.25, -0.2) is 14.6 Å². The normalized spacial score (nSPS) is 10.3. The summed E-state index contributed by atoms with van der Waals surface area (Å²) in [5, 5.41) is 21.1. The second kappa shape index (κ2) is 8.13. The van der Waals surface area contributed by atoms with Crippen LogP contribution >= 0.6 is 0 Å². The van der Waals surface area contributed by atoms with Crippen molar-refractivity contribution >= 4 is 23.5 Å². The average molecular weight is 376 g/mol. The average Bonchev–Trinajstić information content (AvgIpc) is 2.68. The van der Waals surface area contributed by atoms with E-state index in [0.717, 1.165) is 5.56 Å². The van der Waals surface area contributed by atoms with Crippen molar-refractivity contribution in [3.8, 4) is 11.1 Å². The van der Waals surface area contributed by atoms with Gasteiger partial charge in [-0.1, -0.05) is 42.5 Å². The van der Waals surface area contributed by atoms with Crippen molar-refractivity contribution in [2.45, 2.75) is 6.42 Å². The van der Waals surface area contributed by atoms with E-state index in [1.165, 1.54) is 12.1 Å². The minimum Gasteiger partial charge on any atom is -0.477 e. The number of benzene rings is 2. The molecule has 0 radical (unpaired) electrons. The first-order valence-corrected chi connectivity index (χ1v) is 8.35. The first kappa shape index (κ1) is 18.8. The number of carbonyl (C=O) groups is 3. The van der Waals surface area contributed by atoms with Gasteiger partial charge in [0, 0.05) is 5.69 Å². The molecule has 7 nitrogen and oxygen atoms in total. The van der Waals surface area contributed by atoms with Gasteiger partial charge in [0.05, 0.1) is 6.42 Å². The van der Waals surface area contributed by atoms with Gasteiger partial charge < -0.3 is 15.5 Å². The molecule has 140 valence electrons. The molecular formula is C21H16N2O5. The lowest BCUT2D eigenvalue weighted by Crippen LogP contribution is -2.14. The number of aromatic carboxylic acids is 2. The SMILES string of the molecule is O=C(Cc1ccccc1)Nc1cccc(-c2cc(C(=O)O)nc(C(=O)O)c2)c1. The Kier molecular flexibility index (Phi) is 5.45. The van der Waals surface area contributed by atoms with E-state index >= 15 is 0 Å². The molecule has 0 spiro atoms. The molecule has 7 heteroatoms. The fourth-order valence-corrected chi connectivity index (χ4v) is 2.68. The van der Waals surface area contributed by atoms with Gasteiger partial charge in [-0.2, -0.15) is 0 Å². The maximum absolute atomic E-state index is 12.2. The third-order valence-electron chi connectivity index (χ3n) is 3.95. The number of hydrogen-bond acceptors (Lipinski definition) is 4. The molecule has 0 saturated heterocycles. The van der Waals surface area contributed by atoms with Crippen LogP contribution in [0.15, 0.2) is 66.7 Å². The molecule has 0 bridgehead atoms. The van der Waals surface area contributed by atoms with Crippen LogP contribution in [0, 0.1) is 0 Å². The minimum atomic E-state index is -1.32. The summed E-state index contributed by atoms with van der Waals surface area (Å²) in [6.07, 6.45) is 0.215. The van der Waals surface area contributed by atoms with Gasteiger partial charge in [0.15, 0.2) is 0 Å². The van der Waals surface area contributed by atoms with Crippen LogP contribution in [0.5, 0.6) is 0 Å². The number of anilines is 1. The Bertz CT molecular complexity index is 1020. The maximum Gasteiger partial charge on any atom is 0.354 e. The molecule has 0 fully saturated rings. The van der Waals surface area contributed by atoms with Gasteiger partial charge in [0.25, 0.3) is 0 Å². The fraction of sp³-hybridized carbons (Fsp3) is 0.0476. The lowest BCUT2D eigenvalue weighted by Gasteiger charge is -2.09. The van der Waals surface area contributed by atoms with Gasteiger partial charge >= 0.3 is 11.9 Å². The van der Waals surface area contributed by atoms with Gasteiger partial charge in [-0.15, -0.1) is 0 Å². The summed E-state index contributed by atoms with van der Waals surface area (Å²) in [6, 6.07) is 18.6. The molecular weight excluding hydrogens is 360 g/mol. The summed E-state index contributed by atoms with van der Waals surface area (Å²) in [5.41, 5.74) is 1.60. The van der Waals surface area contributed by atoms with Gasteiger partial charge in [-0.3, -0.25) is 4.79 Å². The van der Waals surface area contributed by atoms with Crippen LogP contribution in [0.1, 0.15) is 26.5 Å². The van der Waals surface area contributed by atoms with Crippen LogP contribution in [0.3, 0.4) is 0 Å². The first-order valence-electron chi connectivity index (χ1n) is 8.35. The smallest absolute Gasteiger partial charge is 0.354 e. The summed E-state index contributed by atoms with van der Waals surface area (Å²) in [4.78, 5) is 38.3. The Labute approximate surface area is 160 Å². The quantitative estimate of drug-likeness (QED) is 0.608. The Morgan fingerprint density at radius 3 is 2.04 bits per heavy atom. The largest absolute Gasteiger partial charge is 0.477 e. The number of aromatic nitrogens is 1. The van der Waals surface area contributed by atoms with E-state index in [-0.39, 0.29) is 23.7 Å². The number of carboxylic acids is 2. The lowest BCUT2D eigenvalue weighted by atomic mass is 10.0. The second-order valence-electron chi connectivity index (χ2n) is 6.03. The highest BCUT2D eigenvalue weighted by atomic mass is 16.4. The number of carboxylic acid groups (broad SMARTS) is 2. The van der Waals surface area contributed by atoms with Crippen molar-refractivity contribution in [2.75, 3.05) is 5.32 Å². The summed E-state index contributed by atoms with van der Waals surface area (Å²) in [6.45, 7) is 0. The molecule has 28 heavy (non-hydrogen) atoms. The van der Waals surface area contributed by atoms with Crippen molar-refractivity contribution in [1.29, 1.82) is 0 Å². The highest BCUT2D eigenvalue weighted by Gasteiger charge is 2.14. The Balaban J connectivity index is 1.86. The first-order chi connectivity index (χ1) is 13.4. The second-order valence-corrected chi connectivity index (χ2v) is 6.03. The Morgan fingerprint density at radius 2 is 1.43 bits per heavy atom. The predicted molar refractivity (Wildman–Crippen MR) is 102 cm³/mol. The van der Waals surface area contributed by atoms with Crippen LogP contribution in [-0.2, 0) is 11.2 Å². The van der Waals surface area contributed by atoms with E-state index in [9.17, 15) is 14.4 Å². The number of amides is 1. The molecule has 0 saturated carbocycles. The molecule has 0 aliphatic carbocycles. The highest BCUT2D eigenvalue weighted by molar-refractivity contribution is 5.94. The number of rotatable bonds is 6. The van der Waals surface area contributed by atoms with Crippen molar-refractivity contribution in [2.24, 2.45) is 0 Å². The highest BCUT2D eigenvalue weighted by Crippen LogP contribution is 2.24. The van der Waals surface area contributed by atoms with E-state index in [1.807, 2.05) is 30.3 Å². The molecule has 0 aliphatic heterocycles. The summed E-state index contributed by atoms with van der Waals surface area (Å²) in [7, 11) is 0. The molecule has 2 aromatic carbocycles. The van der Waals surface area contributed by atoms with Crippen molar-refractivity contribution < 1.29 is 24.6 Å². The van der Waals surface area contributed by atoms with Gasteiger partial charge in [0.1, 0.15) is 11.4 Å². The number of nitrogens with one attached hydrogen (secondary N) is 1. The zero-order valence-corrected chi connectivity index (χ0v) is 14.6. The number of nitrogens with zero attached hydrogens (tertiary/aromatic N) is 1. The summed E-state index contributed by atoms with van der Waals surface area (Å²) in [5.74, 6) is -2.84. The number of pyridine rings is 1. The summed E-state index contributed by atoms with van der Waals surface area (Å²) >= 11 is 0. The Hall–Kier alpha value is -4.00. The van der Waals surface area contributed by atoms with E-state index in [2.05, 4.69) is 10.3 Å². The molecule has 0 atom stereocenters. The standard InChI is InChI=1S/C21H16N2O5/c24-19(9-13-5-2-1-3-6-13)22-16-8-4-7-14(10-16)15-11-17(20(25)26)23-18(12-15)21(27)28/h1-8,10-12H,9H2,(H,22,24)(H,25,26)(H,27,28). The zero-order chi connectivity index (χ0) is 20.1. The minimum absolute atomic E-state index is 0.199. The third kappa shape index (κ3) is 4.59. The van der Waals surface area contributed by atoms with Crippen molar-refractivity contribution in [3.05, 3.63) is 83.7 Å². The van der Waals surface area contributed by atoms with E-state index < -0.39 is 11.9 Å². The van der Waals surface area contributed by atoms with Crippen molar-refractivity contribution in [3.63, 3.8) is 0 Å². The molecule has 3 aromatic rings. The Morgan fingerprint density at radius 1 is 0.786 bits per heavy atom. The van der Waals surface area contributed by atoms with Crippen LogP contribution in [0.25, 0.3) is 11.1 Å². The lowest BCUT2D eigenvalue weighted by molar-refractivity contribution is -0.115. The molecule has 0 unspecified atom stereocenters. The number of carbonyl (C=O) groups excluding carboxylic acids is 1. The summed E-state index contributed by atoms with van der Waals surface area (Å²) < 4.78 is 0. The molecule has 1 amide bonds. The van der Waals surface area contributed by atoms with Crippen LogP contribution in [0.2, 0.25) is 0 Å². The third-order valence-corrected chi connectivity index (χ3v) is 3.95. The zero-order valence-electron chi connectivity index (χ0n) is 14.6. The van der Waals surface area contributed by atoms with E-state index in [4.69, 9.17) is 10.2 Å². The van der Waals surface area contributed by atoms with Gasteiger partial charge in [0.2, 0.25) is 5.91 Å². The monoisotopic (exact) mass is 376 g/mol.